The van der Waals surface area contributed by atoms with Crippen molar-refractivity contribution in [2.45, 2.75) is 77.2 Å². The highest BCUT2D eigenvalue weighted by Crippen LogP contribution is 2.38. The summed E-state index contributed by atoms with van der Waals surface area (Å²) in [7, 11) is 1.09. The van der Waals surface area contributed by atoms with Gasteiger partial charge in [-0.1, -0.05) is 51.7 Å². The Hall–Kier alpha value is -0.263. The summed E-state index contributed by atoms with van der Waals surface area (Å²) in [5.74, 6) is 5.32. The summed E-state index contributed by atoms with van der Waals surface area (Å²) in [5, 5.41) is 0. The van der Waals surface area contributed by atoms with E-state index < -0.39 is 8.07 Å². The molecule has 0 aromatic carbocycles. The molecule has 0 spiro atoms. The average molecular weight is 278 g/mol. The maximum Gasteiger partial charge on any atom is 0.129 e. The van der Waals surface area contributed by atoms with Crippen LogP contribution in [0.4, 0.5) is 0 Å². The van der Waals surface area contributed by atoms with Crippen LogP contribution in [0, 0.1) is 23.3 Å². The van der Waals surface area contributed by atoms with Gasteiger partial charge in [-0.15, -0.1) is 5.54 Å². The number of rotatable bonds is 1. The molecule has 0 unspecified atom stereocenters. The summed E-state index contributed by atoms with van der Waals surface area (Å²) in [4.78, 5) is 2.62. The second-order valence-corrected chi connectivity index (χ2v) is 12.6. The summed E-state index contributed by atoms with van der Waals surface area (Å²) >= 11 is 0. The summed E-state index contributed by atoms with van der Waals surface area (Å²) < 4.78 is 0. The molecule has 1 heterocycles. The van der Waals surface area contributed by atoms with Crippen LogP contribution in [0.3, 0.4) is 0 Å². The molecule has 3 atom stereocenters. The summed E-state index contributed by atoms with van der Waals surface area (Å²) in [6.45, 7) is 9.44. The lowest BCUT2D eigenvalue weighted by Crippen LogP contribution is -2.38. The molecule has 1 aliphatic heterocycles. The van der Waals surface area contributed by atoms with Gasteiger partial charge in [0.15, 0.2) is 0 Å². The first-order valence-corrected chi connectivity index (χ1v) is 11.6. The van der Waals surface area contributed by atoms with Crippen molar-refractivity contribution < 1.29 is 0 Å². The summed E-state index contributed by atoms with van der Waals surface area (Å²) in [6.07, 6.45) is 8.64. The van der Waals surface area contributed by atoms with Gasteiger partial charge in [-0.2, -0.15) is 0 Å². The number of nitrogens with zero attached hydrogens (tertiary/aromatic N) is 1. The summed E-state index contributed by atoms with van der Waals surface area (Å²) in [5.41, 5.74) is 3.60. The molecule has 2 rings (SSSR count). The second kappa shape index (κ2) is 6.02. The molecule has 0 amide bonds. The minimum absolute atomic E-state index is 0.513. The van der Waals surface area contributed by atoms with E-state index >= 15 is 0 Å². The quantitative estimate of drug-likeness (QED) is 0.514. The molecule has 0 aromatic rings. The number of hydrogen-bond acceptors (Lipinski definition) is 1. The van der Waals surface area contributed by atoms with Crippen molar-refractivity contribution in [1.82, 2.24) is 4.90 Å². The van der Waals surface area contributed by atoms with E-state index in [0.717, 1.165) is 17.9 Å². The zero-order chi connectivity index (χ0) is 14.0. The van der Waals surface area contributed by atoms with E-state index in [1.807, 2.05) is 0 Å². The van der Waals surface area contributed by atoms with Gasteiger partial charge in [-0.05, 0) is 38.1 Å². The lowest BCUT2D eigenvalue weighted by Gasteiger charge is -2.33. The first-order valence-electron chi connectivity index (χ1n) is 8.13. The molecular formula is C17H31NSi. The molecule has 2 heteroatoms. The van der Waals surface area contributed by atoms with Crippen LogP contribution in [0.1, 0.15) is 45.4 Å². The Morgan fingerprint density at radius 3 is 2.26 bits per heavy atom. The molecular weight excluding hydrogens is 246 g/mol. The Labute approximate surface area is 121 Å². The van der Waals surface area contributed by atoms with Crippen LogP contribution >= 0.6 is 0 Å². The zero-order valence-corrected chi connectivity index (χ0v) is 14.5. The van der Waals surface area contributed by atoms with E-state index in [2.05, 4.69) is 50.0 Å². The van der Waals surface area contributed by atoms with Crippen LogP contribution in [-0.2, 0) is 0 Å². The Balaban J connectivity index is 2.04. The van der Waals surface area contributed by atoms with Crippen molar-refractivity contribution in [2.75, 3.05) is 7.05 Å². The molecule has 0 aromatic heterocycles. The van der Waals surface area contributed by atoms with Gasteiger partial charge in [-0.25, -0.2) is 0 Å². The highest BCUT2D eigenvalue weighted by Gasteiger charge is 2.39. The number of likely N-dealkylation sites (tertiary alicyclic amines) is 1. The fourth-order valence-corrected chi connectivity index (χ4v) is 4.44. The van der Waals surface area contributed by atoms with Gasteiger partial charge in [0.2, 0.25) is 0 Å². The van der Waals surface area contributed by atoms with Crippen molar-refractivity contribution in [2.24, 2.45) is 11.8 Å². The lowest BCUT2D eigenvalue weighted by molar-refractivity contribution is 0.169. The summed E-state index contributed by atoms with van der Waals surface area (Å²) in [6, 6.07) is 1.31. The first kappa shape index (κ1) is 15.1. The number of hydrogen-bond donors (Lipinski definition) is 0. The predicted molar refractivity (Wildman–Crippen MR) is 86.8 cm³/mol. The van der Waals surface area contributed by atoms with E-state index in [1.165, 1.54) is 38.5 Å². The largest absolute Gasteiger partial charge is 0.289 e. The van der Waals surface area contributed by atoms with Gasteiger partial charge < -0.3 is 0 Å². The van der Waals surface area contributed by atoms with Crippen molar-refractivity contribution in [1.29, 1.82) is 0 Å². The topological polar surface area (TPSA) is 3.24 Å². The highest BCUT2D eigenvalue weighted by atomic mass is 28.3. The normalized spacial score (nSPS) is 34.1. The third-order valence-electron chi connectivity index (χ3n) is 4.90. The maximum atomic E-state index is 3.63. The average Bonchev–Trinajstić information content (AvgIpc) is 2.63. The molecule has 0 N–H and O–H groups in total. The minimum atomic E-state index is -1.23. The highest BCUT2D eigenvalue weighted by molar-refractivity contribution is 6.83. The van der Waals surface area contributed by atoms with E-state index in [1.54, 1.807) is 0 Å². The van der Waals surface area contributed by atoms with Gasteiger partial charge in [-0.3, -0.25) is 4.90 Å². The van der Waals surface area contributed by atoms with Crippen LogP contribution < -0.4 is 0 Å². The lowest BCUT2D eigenvalue weighted by atomic mass is 9.82. The molecule has 0 radical (unpaired) electrons. The molecule has 1 saturated heterocycles. The van der Waals surface area contributed by atoms with Crippen LogP contribution in [0.5, 0.6) is 0 Å². The van der Waals surface area contributed by atoms with E-state index in [-0.39, 0.29) is 0 Å². The Bertz CT molecular complexity index is 354. The molecule has 1 nitrogen and oxygen atoms in total. The minimum Gasteiger partial charge on any atom is -0.289 e. The van der Waals surface area contributed by atoms with Crippen molar-refractivity contribution in [3.63, 3.8) is 0 Å². The Morgan fingerprint density at radius 1 is 1.05 bits per heavy atom. The zero-order valence-electron chi connectivity index (χ0n) is 13.5. The van der Waals surface area contributed by atoms with E-state index in [0.29, 0.717) is 6.04 Å². The monoisotopic (exact) mass is 277 g/mol. The van der Waals surface area contributed by atoms with E-state index in [9.17, 15) is 0 Å². The molecule has 19 heavy (non-hydrogen) atoms. The fraction of sp³-hybridized carbons (Fsp3) is 0.882. The Kier molecular flexibility index (Phi) is 4.79. The van der Waals surface area contributed by atoms with Gasteiger partial charge in [0.25, 0.3) is 0 Å². The van der Waals surface area contributed by atoms with Gasteiger partial charge in [0, 0.05) is 6.04 Å². The van der Waals surface area contributed by atoms with Gasteiger partial charge >= 0.3 is 0 Å². The molecule has 2 aliphatic rings. The third-order valence-corrected chi connectivity index (χ3v) is 5.80. The van der Waals surface area contributed by atoms with Crippen molar-refractivity contribution >= 4 is 8.07 Å². The standard InChI is InChI=1S/C17H31NSi/c1-14-13-17(15-9-7-6-8-10-15)18(2)16(14)11-12-19(3,4)5/h14-17H,6-10,13H2,1-5H3/t14-,16-,17+/m0/s1. The first-order chi connectivity index (χ1) is 8.88. The molecule has 0 bridgehead atoms. The van der Waals surface area contributed by atoms with Crippen LogP contribution in [0.2, 0.25) is 19.6 Å². The van der Waals surface area contributed by atoms with Gasteiger partial charge in [0.05, 0.1) is 6.04 Å². The van der Waals surface area contributed by atoms with E-state index in [4.69, 9.17) is 0 Å². The second-order valence-electron chi connectivity index (χ2n) is 7.81. The molecule has 1 aliphatic carbocycles. The van der Waals surface area contributed by atoms with Gasteiger partial charge in [0.1, 0.15) is 8.07 Å². The maximum absolute atomic E-state index is 3.63. The van der Waals surface area contributed by atoms with Crippen LogP contribution in [0.25, 0.3) is 0 Å². The molecule has 108 valence electrons. The van der Waals surface area contributed by atoms with Crippen molar-refractivity contribution in [3.8, 4) is 11.5 Å². The SMILES string of the molecule is C[C@H]1C[C@H](C2CCCCC2)N(C)[C@H]1C#C[Si](C)(C)C. The Morgan fingerprint density at radius 2 is 1.68 bits per heavy atom. The molecule has 2 fully saturated rings. The smallest absolute Gasteiger partial charge is 0.129 e. The third kappa shape index (κ3) is 3.86. The fourth-order valence-electron chi connectivity index (χ4n) is 3.86. The molecule has 1 saturated carbocycles. The van der Waals surface area contributed by atoms with Crippen LogP contribution in [-0.4, -0.2) is 32.1 Å². The van der Waals surface area contributed by atoms with Crippen LogP contribution in [0.15, 0.2) is 0 Å². The van der Waals surface area contributed by atoms with Crippen molar-refractivity contribution in [3.05, 3.63) is 0 Å². The predicted octanol–water partition coefficient (Wildman–Crippen LogP) is 4.16.